The Labute approximate surface area is 163 Å². The van der Waals surface area contributed by atoms with Gasteiger partial charge in [-0.1, -0.05) is 6.42 Å². The zero-order chi connectivity index (χ0) is 19.7. The molecule has 0 spiro atoms. The van der Waals surface area contributed by atoms with Crippen molar-refractivity contribution in [2.75, 3.05) is 13.1 Å². The van der Waals surface area contributed by atoms with Gasteiger partial charge in [0, 0.05) is 56.8 Å². The predicted molar refractivity (Wildman–Crippen MR) is 104 cm³/mol. The lowest BCUT2D eigenvalue weighted by atomic mass is 9.85. The molecule has 0 atom stereocenters. The highest BCUT2D eigenvalue weighted by Crippen LogP contribution is 2.31. The highest BCUT2D eigenvalue weighted by atomic mass is 16.2. The summed E-state index contributed by atoms with van der Waals surface area (Å²) in [4.78, 5) is 45.1. The SMILES string of the molecule is Cn1c(=O)[nH]cc(CC(=O)N2CCC(c3nccn3CC3CCC3)CC2)c1=O. The summed E-state index contributed by atoms with van der Waals surface area (Å²) in [5, 5.41) is 0. The number of imidazole rings is 1. The first kappa shape index (κ1) is 18.7. The van der Waals surface area contributed by atoms with E-state index in [4.69, 9.17) is 0 Å². The Kier molecular flexibility index (Phi) is 5.19. The van der Waals surface area contributed by atoms with Crippen molar-refractivity contribution in [3.8, 4) is 0 Å². The normalized spacial score (nSPS) is 18.2. The molecule has 4 rings (SSSR count). The molecule has 0 unspecified atom stereocenters. The number of amides is 1. The fraction of sp³-hybridized carbons (Fsp3) is 0.600. The van der Waals surface area contributed by atoms with Crippen LogP contribution in [-0.4, -0.2) is 43.0 Å². The molecule has 150 valence electrons. The molecule has 0 bridgehead atoms. The Balaban J connectivity index is 1.36. The van der Waals surface area contributed by atoms with E-state index in [-0.39, 0.29) is 12.3 Å². The van der Waals surface area contributed by atoms with Crippen molar-refractivity contribution in [1.29, 1.82) is 0 Å². The van der Waals surface area contributed by atoms with Gasteiger partial charge in [0.25, 0.3) is 5.56 Å². The summed E-state index contributed by atoms with van der Waals surface area (Å²) in [6.45, 7) is 2.40. The standard InChI is InChI=1S/C20H27N5O3/c1-23-19(27)16(12-22-20(23)28)11-17(26)24-8-5-15(6-9-24)18-21-7-10-25(18)13-14-3-2-4-14/h7,10,12,14-15H,2-6,8-9,11,13H2,1H3,(H,22,28). The lowest BCUT2D eigenvalue weighted by Gasteiger charge is -2.33. The topological polar surface area (TPSA) is 93.0 Å². The number of nitrogens with zero attached hydrogens (tertiary/aromatic N) is 4. The maximum Gasteiger partial charge on any atom is 0.328 e. The minimum absolute atomic E-state index is 0.0183. The minimum atomic E-state index is -0.473. The van der Waals surface area contributed by atoms with Crippen LogP contribution in [0.15, 0.2) is 28.2 Å². The second-order valence-electron chi connectivity index (χ2n) is 8.05. The summed E-state index contributed by atoms with van der Waals surface area (Å²) in [6, 6.07) is 0. The average molecular weight is 385 g/mol. The lowest BCUT2D eigenvalue weighted by Crippen LogP contribution is -2.41. The molecule has 3 heterocycles. The molecule has 1 aliphatic carbocycles. The first-order valence-electron chi connectivity index (χ1n) is 10.1. The Bertz CT molecular complexity index is 961. The second-order valence-corrected chi connectivity index (χ2v) is 8.05. The van der Waals surface area contributed by atoms with Gasteiger partial charge in [-0.05, 0) is 31.6 Å². The summed E-state index contributed by atoms with van der Waals surface area (Å²) < 4.78 is 3.30. The molecule has 2 aliphatic rings. The van der Waals surface area contributed by atoms with Gasteiger partial charge in [-0.2, -0.15) is 0 Å². The largest absolute Gasteiger partial charge is 0.342 e. The van der Waals surface area contributed by atoms with Crippen LogP contribution in [0.25, 0.3) is 0 Å². The van der Waals surface area contributed by atoms with Gasteiger partial charge in [-0.3, -0.25) is 14.2 Å². The number of H-pyrrole nitrogens is 1. The molecule has 1 saturated carbocycles. The van der Waals surface area contributed by atoms with Crippen molar-refractivity contribution in [1.82, 2.24) is 24.0 Å². The summed E-state index contributed by atoms with van der Waals surface area (Å²) in [7, 11) is 1.41. The Hall–Kier alpha value is -2.64. The Morgan fingerprint density at radius 2 is 1.96 bits per heavy atom. The van der Waals surface area contributed by atoms with Gasteiger partial charge in [-0.25, -0.2) is 9.78 Å². The predicted octanol–water partition coefficient (Wildman–Crippen LogP) is 1.02. The number of hydrogen-bond donors (Lipinski definition) is 1. The number of rotatable bonds is 5. The minimum Gasteiger partial charge on any atom is -0.342 e. The molecule has 8 heteroatoms. The fourth-order valence-electron chi connectivity index (χ4n) is 4.19. The van der Waals surface area contributed by atoms with Crippen LogP contribution in [0.1, 0.15) is 49.4 Å². The van der Waals surface area contributed by atoms with E-state index in [0.717, 1.165) is 35.7 Å². The number of aromatic nitrogens is 4. The molecule has 8 nitrogen and oxygen atoms in total. The van der Waals surface area contributed by atoms with E-state index in [1.165, 1.54) is 32.5 Å². The van der Waals surface area contributed by atoms with Crippen molar-refractivity contribution in [2.45, 2.75) is 51.0 Å². The van der Waals surface area contributed by atoms with E-state index < -0.39 is 11.2 Å². The molecular weight excluding hydrogens is 358 g/mol. The summed E-state index contributed by atoms with van der Waals surface area (Å²) in [5.74, 6) is 2.24. The van der Waals surface area contributed by atoms with Crippen molar-refractivity contribution in [3.63, 3.8) is 0 Å². The van der Waals surface area contributed by atoms with Crippen LogP contribution in [0.4, 0.5) is 0 Å². The molecular formula is C20H27N5O3. The third kappa shape index (κ3) is 3.68. The molecule has 28 heavy (non-hydrogen) atoms. The smallest absolute Gasteiger partial charge is 0.328 e. The average Bonchev–Trinajstić information content (AvgIpc) is 3.13. The van der Waals surface area contributed by atoms with Crippen LogP contribution in [0.5, 0.6) is 0 Å². The van der Waals surface area contributed by atoms with E-state index in [2.05, 4.69) is 20.7 Å². The lowest BCUT2D eigenvalue weighted by molar-refractivity contribution is -0.131. The number of likely N-dealkylation sites (tertiary alicyclic amines) is 1. The van der Waals surface area contributed by atoms with Crippen LogP contribution in [-0.2, 0) is 24.8 Å². The van der Waals surface area contributed by atoms with Crippen LogP contribution in [0.3, 0.4) is 0 Å². The zero-order valence-electron chi connectivity index (χ0n) is 16.3. The van der Waals surface area contributed by atoms with Crippen molar-refractivity contribution in [2.24, 2.45) is 13.0 Å². The highest BCUT2D eigenvalue weighted by molar-refractivity contribution is 5.78. The van der Waals surface area contributed by atoms with Crippen LogP contribution in [0, 0.1) is 5.92 Å². The van der Waals surface area contributed by atoms with Gasteiger partial charge >= 0.3 is 5.69 Å². The summed E-state index contributed by atoms with van der Waals surface area (Å²) >= 11 is 0. The van der Waals surface area contributed by atoms with Gasteiger partial charge in [0.2, 0.25) is 5.91 Å². The number of nitrogens with one attached hydrogen (secondary N) is 1. The highest BCUT2D eigenvalue weighted by Gasteiger charge is 2.28. The summed E-state index contributed by atoms with van der Waals surface area (Å²) in [5.41, 5.74) is -0.560. The monoisotopic (exact) mass is 385 g/mol. The van der Waals surface area contributed by atoms with Crippen LogP contribution < -0.4 is 11.2 Å². The van der Waals surface area contributed by atoms with E-state index in [1.54, 1.807) is 0 Å². The van der Waals surface area contributed by atoms with Crippen molar-refractivity contribution < 1.29 is 4.79 Å². The molecule has 2 fully saturated rings. The fourth-order valence-corrected chi connectivity index (χ4v) is 4.19. The van der Waals surface area contributed by atoms with Crippen LogP contribution >= 0.6 is 0 Å². The first-order valence-corrected chi connectivity index (χ1v) is 10.1. The molecule has 2 aromatic heterocycles. The second kappa shape index (κ2) is 7.77. The molecule has 1 aliphatic heterocycles. The number of hydrogen-bond acceptors (Lipinski definition) is 4. The molecule has 0 radical (unpaired) electrons. The molecule has 2 aromatic rings. The first-order chi connectivity index (χ1) is 13.5. The maximum atomic E-state index is 12.6. The van der Waals surface area contributed by atoms with Gasteiger partial charge < -0.3 is 14.5 Å². The Morgan fingerprint density at radius 3 is 2.64 bits per heavy atom. The number of aromatic amines is 1. The third-order valence-electron chi connectivity index (χ3n) is 6.24. The van der Waals surface area contributed by atoms with E-state index in [1.807, 2.05) is 11.1 Å². The Morgan fingerprint density at radius 1 is 1.21 bits per heavy atom. The number of carbonyl (C=O) groups is 1. The van der Waals surface area contributed by atoms with E-state index >= 15 is 0 Å². The van der Waals surface area contributed by atoms with Gasteiger partial charge in [0.05, 0.1) is 6.42 Å². The van der Waals surface area contributed by atoms with Crippen LogP contribution in [0.2, 0.25) is 0 Å². The molecule has 0 aromatic carbocycles. The third-order valence-corrected chi connectivity index (χ3v) is 6.24. The van der Waals surface area contributed by atoms with Crippen molar-refractivity contribution >= 4 is 5.91 Å². The van der Waals surface area contributed by atoms with Gasteiger partial charge in [-0.15, -0.1) is 0 Å². The molecule has 1 amide bonds. The maximum absolute atomic E-state index is 12.6. The molecule has 1 N–H and O–H groups in total. The van der Waals surface area contributed by atoms with Crippen molar-refractivity contribution in [3.05, 3.63) is 50.8 Å². The quantitative estimate of drug-likeness (QED) is 0.832. The zero-order valence-corrected chi connectivity index (χ0v) is 16.3. The number of carbonyl (C=O) groups excluding carboxylic acids is 1. The molecule has 1 saturated heterocycles. The van der Waals surface area contributed by atoms with Gasteiger partial charge in [0.1, 0.15) is 5.82 Å². The van der Waals surface area contributed by atoms with E-state index in [9.17, 15) is 14.4 Å². The van der Waals surface area contributed by atoms with E-state index in [0.29, 0.717) is 24.6 Å². The summed E-state index contributed by atoms with van der Waals surface area (Å²) in [6.07, 6.45) is 11.1. The number of piperidine rings is 1. The van der Waals surface area contributed by atoms with Gasteiger partial charge in [0.15, 0.2) is 0 Å².